The Bertz CT molecular complexity index is 789. The maximum atomic E-state index is 11.9. The van der Waals surface area contributed by atoms with Gasteiger partial charge in [0.1, 0.15) is 0 Å². The van der Waals surface area contributed by atoms with Crippen molar-refractivity contribution in [1.29, 1.82) is 0 Å². The van der Waals surface area contributed by atoms with Crippen LogP contribution in [0.4, 0.5) is 5.69 Å². The van der Waals surface area contributed by atoms with Crippen LogP contribution < -0.4 is 5.56 Å². The molecule has 0 aliphatic carbocycles. The van der Waals surface area contributed by atoms with Crippen molar-refractivity contribution in [3.8, 4) is 0 Å². The predicted octanol–water partition coefficient (Wildman–Crippen LogP) is 3.11. The van der Waals surface area contributed by atoms with Crippen LogP contribution in [0, 0.1) is 17.0 Å². The summed E-state index contributed by atoms with van der Waals surface area (Å²) in [5.74, 6) is 0. The Kier molecular flexibility index (Phi) is 4.85. The lowest BCUT2D eigenvalue weighted by atomic mass is 10.1. The first-order valence-corrected chi connectivity index (χ1v) is 7.03. The summed E-state index contributed by atoms with van der Waals surface area (Å²) < 4.78 is 1.08. The second kappa shape index (κ2) is 6.48. The molecule has 6 nitrogen and oxygen atoms in total. The maximum absolute atomic E-state index is 11.9. The van der Waals surface area contributed by atoms with E-state index in [1.54, 1.807) is 12.1 Å². The van der Waals surface area contributed by atoms with Crippen LogP contribution in [0.5, 0.6) is 0 Å². The van der Waals surface area contributed by atoms with Crippen LogP contribution in [0.2, 0.25) is 10.0 Å². The van der Waals surface area contributed by atoms with Crippen molar-refractivity contribution in [1.82, 2.24) is 4.57 Å². The highest BCUT2D eigenvalue weighted by Gasteiger charge is 2.17. The van der Waals surface area contributed by atoms with E-state index in [1.165, 1.54) is 13.0 Å². The number of nitrogens with zero attached hydrogens (tertiary/aromatic N) is 2. The molecular weight excluding hydrogens is 331 g/mol. The minimum atomic E-state index is -1.09. The first kappa shape index (κ1) is 16.5. The van der Waals surface area contributed by atoms with E-state index in [0.717, 1.165) is 16.8 Å². The van der Waals surface area contributed by atoms with Crippen molar-refractivity contribution >= 4 is 28.9 Å². The van der Waals surface area contributed by atoms with Gasteiger partial charge >= 0.3 is 0 Å². The number of aliphatic hydroxyl groups excluding tert-OH is 1. The van der Waals surface area contributed by atoms with Gasteiger partial charge in [-0.1, -0.05) is 29.3 Å². The first-order chi connectivity index (χ1) is 10.3. The number of pyridine rings is 1. The van der Waals surface area contributed by atoms with Crippen molar-refractivity contribution in [3.05, 3.63) is 72.1 Å². The third-order valence-electron chi connectivity index (χ3n) is 3.19. The topological polar surface area (TPSA) is 85.4 Å². The largest absolute Gasteiger partial charge is 0.386 e. The zero-order valence-corrected chi connectivity index (χ0v) is 13.0. The highest BCUT2D eigenvalue weighted by Crippen LogP contribution is 2.27. The van der Waals surface area contributed by atoms with Crippen LogP contribution >= 0.6 is 23.2 Å². The SMILES string of the molecule is Cc1cc(=O)n(C[C@@H](O)c2ccc(Cl)cc2Cl)cc1[N+](=O)[O-]. The van der Waals surface area contributed by atoms with Crippen LogP contribution in [-0.4, -0.2) is 14.6 Å². The molecule has 1 aromatic carbocycles. The monoisotopic (exact) mass is 342 g/mol. The quantitative estimate of drug-likeness (QED) is 0.683. The Morgan fingerprint density at radius 3 is 2.64 bits per heavy atom. The summed E-state index contributed by atoms with van der Waals surface area (Å²) in [6, 6.07) is 5.74. The molecule has 1 heterocycles. The molecule has 1 aromatic heterocycles. The van der Waals surface area contributed by atoms with Gasteiger partial charge < -0.3 is 9.67 Å². The van der Waals surface area contributed by atoms with Crippen molar-refractivity contribution in [2.24, 2.45) is 0 Å². The van der Waals surface area contributed by atoms with Gasteiger partial charge in [0.05, 0.1) is 23.8 Å². The van der Waals surface area contributed by atoms with E-state index < -0.39 is 16.6 Å². The van der Waals surface area contributed by atoms with Crippen LogP contribution in [0.3, 0.4) is 0 Å². The molecule has 1 atom stereocenters. The number of rotatable bonds is 4. The third-order valence-corrected chi connectivity index (χ3v) is 3.76. The van der Waals surface area contributed by atoms with Crippen molar-refractivity contribution in [2.45, 2.75) is 19.6 Å². The molecule has 0 aliphatic rings. The van der Waals surface area contributed by atoms with Crippen LogP contribution in [0.25, 0.3) is 0 Å². The number of hydrogen-bond acceptors (Lipinski definition) is 4. The van der Waals surface area contributed by atoms with Gasteiger partial charge in [0.15, 0.2) is 0 Å². The minimum Gasteiger partial charge on any atom is -0.386 e. The smallest absolute Gasteiger partial charge is 0.288 e. The normalized spacial score (nSPS) is 12.2. The van der Waals surface area contributed by atoms with E-state index in [0.29, 0.717) is 10.6 Å². The number of aromatic nitrogens is 1. The van der Waals surface area contributed by atoms with E-state index in [4.69, 9.17) is 23.2 Å². The number of aryl methyl sites for hydroxylation is 1. The van der Waals surface area contributed by atoms with Crippen molar-refractivity contribution < 1.29 is 10.0 Å². The van der Waals surface area contributed by atoms with Crippen molar-refractivity contribution in [3.63, 3.8) is 0 Å². The summed E-state index contributed by atoms with van der Waals surface area (Å²) in [7, 11) is 0. The summed E-state index contributed by atoms with van der Waals surface area (Å²) >= 11 is 11.8. The fraction of sp³-hybridized carbons (Fsp3) is 0.214. The van der Waals surface area contributed by atoms with Crippen LogP contribution in [0.1, 0.15) is 17.2 Å². The second-order valence-electron chi connectivity index (χ2n) is 4.77. The molecule has 0 spiro atoms. The summed E-state index contributed by atoms with van der Waals surface area (Å²) in [4.78, 5) is 22.2. The van der Waals surface area contributed by atoms with Gasteiger partial charge in [-0.3, -0.25) is 14.9 Å². The number of aliphatic hydroxyl groups is 1. The van der Waals surface area contributed by atoms with E-state index >= 15 is 0 Å². The molecule has 0 unspecified atom stereocenters. The standard InChI is InChI=1S/C14H12Cl2N2O4/c1-8-4-14(20)17(6-12(8)18(21)22)7-13(19)10-3-2-9(15)5-11(10)16/h2-6,13,19H,7H2,1H3/t13-/m1/s1. The minimum absolute atomic E-state index is 0.151. The molecule has 2 rings (SSSR count). The van der Waals surface area contributed by atoms with E-state index in [1.807, 2.05) is 0 Å². The van der Waals surface area contributed by atoms with E-state index in [9.17, 15) is 20.0 Å². The zero-order valence-electron chi connectivity index (χ0n) is 11.5. The fourth-order valence-corrected chi connectivity index (χ4v) is 2.58. The van der Waals surface area contributed by atoms with Gasteiger partial charge in [-0.2, -0.15) is 0 Å². The number of halogens is 2. The summed E-state index contributed by atoms with van der Waals surface area (Å²) in [5.41, 5.74) is 0.0349. The van der Waals surface area contributed by atoms with Crippen LogP contribution in [-0.2, 0) is 6.54 Å². The highest BCUT2D eigenvalue weighted by atomic mass is 35.5. The molecule has 2 aromatic rings. The lowest BCUT2D eigenvalue weighted by molar-refractivity contribution is -0.386. The molecule has 0 radical (unpaired) electrons. The van der Waals surface area contributed by atoms with Gasteiger partial charge in [-0.05, 0) is 19.1 Å². The molecule has 0 aliphatic heterocycles. The Labute approximate surface area is 135 Å². The Morgan fingerprint density at radius 2 is 2.05 bits per heavy atom. The first-order valence-electron chi connectivity index (χ1n) is 6.28. The van der Waals surface area contributed by atoms with Crippen LogP contribution in [0.15, 0.2) is 35.3 Å². The number of hydrogen-bond donors (Lipinski definition) is 1. The van der Waals surface area contributed by atoms with E-state index in [-0.39, 0.29) is 22.8 Å². The van der Waals surface area contributed by atoms with Gasteiger partial charge in [-0.25, -0.2) is 0 Å². The molecule has 1 N–H and O–H groups in total. The third kappa shape index (κ3) is 3.47. The van der Waals surface area contributed by atoms with E-state index in [2.05, 4.69) is 0 Å². The lowest BCUT2D eigenvalue weighted by Gasteiger charge is -2.14. The van der Waals surface area contributed by atoms with Crippen molar-refractivity contribution in [2.75, 3.05) is 0 Å². The predicted molar refractivity (Wildman–Crippen MR) is 83.5 cm³/mol. The molecule has 116 valence electrons. The molecule has 8 heteroatoms. The number of benzene rings is 1. The van der Waals surface area contributed by atoms with Gasteiger partial charge in [0.25, 0.3) is 11.2 Å². The van der Waals surface area contributed by atoms with Gasteiger partial charge in [0, 0.05) is 27.2 Å². The molecule has 0 saturated carbocycles. The molecule has 0 amide bonds. The average Bonchev–Trinajstić information content (AvgIpc) is 2.41. The second-order valence-corrected chi connectivity index (χ2v) is 5.61. The van der Waals surface area contributed by atoms with Gasteiger partial charge in [0.2, 0.25) is 0 Å². The number of nitro groups is 1. The Balaban J connectivity index is 2.36. The molecule has 0 fully saturated rings. The zero-order chi connectivity index (χ0) is 16.4. The summed E-state index contributed by atoms with van der Waals surface area (Å²) in [5, 5.41) is 21.8. The Hall–Kier alpha value is -1.89. The maximum Gasteiger partial charge on any atom is 0.288 e. The lowest BCUT2D eigenvalue weighted by Crippen LogP contribution is -2.23. The molecule has 0 saturated heterocycles. The fourth-order valence-electron chi connectivity index (χ4n) is 2.05. The average molecular weight is 343 g/mol. The molecular formula is C14H12Cl2N2O4. The molecule has 0 bridgehead atoms. The van der Waals surface area contributed by atoms with Gasteiger partial charge in [-0.15, -0.1) is 0 Å². The highest BCUT2D eigenvalue weighted by molar-refractivity contribution is 6.35. The Morgan fingerprint density at radius 1 is 1.36 bits per heavy atom. The summed E-state index contributed by atoms with van der Waals surface area (Å²) in [6.07, 6.45) is 0.0230. The molecule has 22 heavy (non-hydrogen) atoms. The summed E-state index contributed by atoms with van der Waals surface area (Å²) in [6.45, 7) is 1.33.